The van der Waals surface area contributed by atoms with Gasteiger partial charge in [0.25, 0.3) is 0 Å². The van der Waals surface area contributed by atoms with Gasteiger partial charge in [-0.25, -0.2) is 0 Å². The van der Waals surface area contributed by atoms with E-state index >= 15 is 0 Å². The van der Waals surface area contributed by atoms with Crippen LogP contribution in [0.2, 0.25) is 0 Å². The maximum absolute atomic E-state index is 11.2. The number of hydrogen-bond acceptors (Lipinski definition) is 4. The van der Waals surface area contributed by atoms with Gasteiger partial charge >= 0.3 is 0 Å². The monoisotopic (exact) mass is 239 g/mol. The van der Waals surface area contributed by atoms with E-state index < -0.39 is 0 Å². The van der Waals surface area contributed by atoms with Crippen molar-refractivity contribution in [2.75, 3.05) is 18.1 Å². The quantitative estimate of drug-likeness (QED) is 0.743. The minimum absolute atomic E-state index is 0.0760. The molecule has 0 aliphatic heterocycles. The predicted molar refractivity (Wildman–Crippen MR) is 67.5 cm³/mol. The van der Waals surface area contributed by atoms with Crippen LogP contribution in [0.25, 0.3) is 0 Å². The average Bonchev–Trinajstić information content (AvgIpc) is 2.78. The zero-order chi connectivity index (χ0) is 12.8. The average molecular weight is 239 g/mol. The smallest absolute Gasteiger partial charge is 0.196 e. The molecule has 0 aliphatic carbocycles. The summed E-state index contributed by atoms with van der Waals surface area (Å²) >= 11 is 0. The molecule has 17 heavy (non-hydrogen) atoms. The molecule has 0 aromatic carbocycles. The summed E-state index contributed by atoms with van der Waals surface area (Å²) in [5, 5.41) is 9.10. The number of nitrogens with zero attached hydrogens (tertiary/aromatic N) is 1. The van der Waals surface area contributed by atoms with Crippen LogP contribution in [0, 0.1) is 0 Å². The molecular weight excluding hydrogens is 218 g/mol. The van der Waals surface area contributed by atoms with Gasteiger partial charge in [-0.05, 0) is 18.9 Å². The predicted octanol–water partition coefficient (Wildman–Crippen LogP) is 2.47. The molecule has 1 aromatic heterocycles. The minimum Gasteiger partial charge on any atom is -0.437 e. The second kappa shape index (κ2) is 6.45. The summed E-state index contributed by atoms with van der Waals surface area (Å²) in [4.78, 5) is 13.2. The molecule has 0 aliphatic rings. The number of ketones is 1. The van der Waals surface area contributed by atoms with Crippen molar-refractivity contribution < 1.29 is 14.3 Å². The molecule has 0 bridgehead atoms. The molecule has 0 fully saturated rings. The van der Waals surface area contributed by atoms with E-state index in [9.17, 15) is 4.79 Å². The molecule has 1 heterocycles. The van der Waals surface area contributed by atoms with E-state index in [0.717, 1.165) is 12.8 Å². The molecule has 0 radical (unpaired) electrons. The third-order valence-electron chi connectivity index (χ3n) is 2.95. The molecule has 0 spiro atoms. The van der Waals surface area contributed by atoms with Gasteiger partial charge in [0.05, 0.1) is 6.61 Å². The molecule has 1 rings (SSSR count). The Labute approximate surface area is 102 Å². The zero-order valence-corrected chi connectivity index (χ0v) is 10.8. The SMILES string of the molecule is CCC(CC)N(CCO)c1ccc(C(C)=O)o1. The molecule has 0 amide bonds. The largest absolute Gasteiger partial charge is 0.437 e. The molecule has 96 valence electrons. The second-order valence-electron chi connectivity index (χ2n) is 4.08. The van der Waals surface area contributed by atoms with Crippen LogP contribution in [0.5, 0.6) is 0 Å². The Bertz CT molecular complexity index is 355. The Morgan fingerprint density at radius 1 is 1.41 bits per heavy atom. The van der Waals surface area contributed by atoms with E-state index in [4.69, 9.17) is 9.52 Å². The number of aliphatic hydroxyl groups excluding tert-OH is 1. The molecule has 0 unspecified atom stereocenters. The normalized spacial score (nSPS) is 10.9. The van der Waals surface area contributed by atoms with Crippen molar-refractivity contribution in [2.24, 2.45) is 0 Å². The van der Waals surface area contributed by atoms with Gasteiger partial charge in [0.2, 0.25) is 0 Å². The molecule has 0 saturated carbocycles. The number of aliphatic hydroxyl groups is 1. The lowest BCUT2D eigenvalue weighted by molar-refractivity contribution is 0.0987. The Morgan fingerprint density at radius 3 is 2.47 bits per heavy atom. The van der Waals surface area contributed by atoms with Gasteiger partial charge in [0.1, 0.15) is 0 Å². The van der Waals surface area contributed by atoms with Crippen LogP contribution in [-0.4, -0.2) is 30.1 Å². The van der Waals surface area contributed by atoms with Gasteiger partial charge in [-0.2, -0.15) is 0 Å². The molecule has 1 aromatic rings. The number of rotatable bonds is 7. The fourth-order valence-corrected chi connectivity index (χ4v) is 1.98. The first-order chi connectivity index (χ1) is 8.13. The van der Waals surface area contributed by atoms with Crippen LogP contribution in [0.15, 0.2) is 16.5 Å². The van der Waals surface area contributed by atoms with Crippen LogP contribution >= 0.6 is 0 Å². The van der Waals surface area contributed by atoms with E-state index in [1.54, 1.807) is 12.1 Å². The number of carbonyl (C=O) groups excluding carboxylic acids is 1. The maximum atomic E-state index is 11.2. The van der Waals surface area contributed by atoms with Crippen LogP contribution in [-0.2, 0) is 0 Å². The number of anilines is 1. The van der Waals surface area contributed by atoms with Gasteiger partial charge in [0, 0.05) is 25.6 Å². The van der Waals surface area contributed by atoms with E-state index in [-0.39, 0.29) is 12.4 Å². The van der Waals surface area contributed by atoms with Gasteiger partial charge in [-0.1, -0.05) is 13.8 Å². The molecule has 0 atom stereocenters. The Morgan fingerprint density at radius 2 is 2.06 bits per heavy atom. The van der Waals surface area contributed by atoms with E-state index in [0.29, 0.717) is 24.2 Å². The van der Waals surface area contributed by atoms with Crippen molar-refractivity contribution in [1.29, 1.82) is 0 Å². The van der Waals surface area contributed by atoms with Crippen molar-refractivity contribution in [2.45, 2.75) is 39.7 Å². The van der Waals surface area contributed by atoms with Crippen LogP contribution in [0.3, 0.4) is 0 Å². The molecule has 1 N–H and O–H groups in total. The highest BCUT2D eigenvalue weighted by atomic mass is 16.4. The van der Waals surface area contributed by atoms with E-state index in [1.165, 1.54) is 6.92 Å². The maximum Gasteiger partial charge on any atom is 0.196 e. The fourth-order valence-electron chi connectivity index (χ4n) is 1.98. The van der Waals surface area contributed by atoms with Crippen molar-refractivity contribution in [3.05, 3.63) is 17.9 Å². The van der Waals surface area contributed by atoms with Crippen molar-refractivity contribution in [1.82, 2.24) is 0 Å². The summed E-state index contributed by atoms with van der Waals surface area (Å²) in [6.45, 7) is 6.29. The first-order valence-corrected chi connectivity index (χ1v) is 6.12. The summed E-state index contributed by atoms with van der Waals surface area (Å²) in [5.41, 5.74) is 0. The van der Waals surface area contributed by atoms with Gasteiger partial charge in [0.15, 0.2) is 17.4 Å². The summed E-state index contributed by atoms with van der Waals surface area (Å²) in [7, 11) is 0. The third kappa shape index (κ3) is 3.33. The van der Waals surface area contributed by atoms with E-state index in [1.807, 2.05) is 4.90 Å². The lowest BCUT2D eigenvalue weighted by Gasteiger charge is -2.29. The molecule has 4 heteroatoms. The standard InChI is InChI=1S/C13H21NO3/c1-4-11(5-2)14(8-9-15)13-7-6-12(17-13)10(3)16/h6-7,11,15H,4-5,8-9H2,1-3H3. The first-order valence-electron chi connectivity index (χ1n) is 6.12. The third-order valence-corrected chi connectivity index (χ3v) is 2.95. The van der Waals surface area contributed by atoms with Crippen molar-refractivity contribution >= 4 is 11.7 Å². The van der Waals surface area contributed by atoms with Crippen LogP contribution in [0.4, 0.5) is 5.88 Å². The van der Waals surface area contributed by atoms with Gasteiger partial charge < -0.3 is 14.4 Å². The highest BCUT2D eigenvalue weighted by Gasteiger charge is 2.19. The van der Waals surface area contributed by atoms with E-state index in [2.05, 4.69) is 13.8 Å². The fraction of sp³-hybridized carbons (Fsp3) is 0.615. The summed E-state index contributed by atoms with van der Waals surface area (Å²) < 4.78 is 5.51. The summed E-state index contributed by atoms with van der Waals surface area (Å²) in [6.07, 6.45) is 1.96. The van der Waals surface area contributed by atoms with Crippen LogP contribution < -0.4 is 4.90 Å². The molecule has 4 nitrogen and oxygen atoms in total. The minimum atomic E-state index is -0.0789. The zero-order valence-electron chi connectivity index (χ0n) is 10.8. The Kier molecular flexibility index (Phi) is 5.22. The lowest BCUT2D eigenvalue weighted by atomic mass is 10.1. The Hall–Kier alpha value is -1.29. The second-order valence-corrected chi connectivity index (χ2v) is 4.08. The highest BCUT2D eigenvalue weighted by Crippen LogP contribution is 2.23. The number of Topliss-reactive ketones (excluding diaryl/α,β-unsaturated/α-hetero) is 1. The topological polar surface area (TPSA) is 53.7 Å². The highest BCUT2D eigenvalue weighted by molar-refractivity contribution is 5.91. The molecule has 0 saturated heterocycles. The Balaban J connectivity index is 2.91. The summed E-state index contributed by atoms with van der Waals surface area (Å²) in [6, 6.07) is 3.81. The van der Waals surface area contributed by atoms with Crippen LogP contribution in [0.1, 0.15) is 44.2 Å². The van der Waals surface area contributed by atoms with Crippen molar-refractivity contribution in [3.8, 4) is 0 Å². The van der Waals surface area contributed by atoms with Crippen molar-refractivity contribution in [3.63, 3.8) is 0 Å². The number of hydrogen-bond donors (Lipinski definition) is 1. The van der Waals surface area contributed by atoms with Gasteiger partial charge in [-0.3, -0.25) is 4.79 Å². The first kappa shape index (κ1) is 13.8. The number of furan rings is 1. The lowest BCUT2D eigenvalue weighted by Crippen LogP contribution is -2.36. The number of carbonyl (C=O) groups is 1. The van der Waals surface area contributed by atoms with Gasteiger partial charge in [-0.15, -0.1) is 0 Å². The summed E-state index contributed by atoms with van der Waals surface area (Å²) in [5.74, 6) is 0.955. The molecular formula is C13H21NO3.